The molecular formula is C27H26N2O3S. The van der Waals surface area contributed by atoms with E-state index < -0.39 is 10.0 Å². The summed E-state index contributed by atoms with van der Waals surface area (Å²) in [5, 5.41) is 5.22. The first-order valence-corrected chi connectivity index (χ1v) is 12.5. The lowest BCUT2D eigenvalue weighted by Gasteiger charge is -2.23. The molecular weight excluding hydrogens is 432 g/mol. The van der Waals surface area contributed by atoms with E-state index in [-0.39, 0.29) is 12.5 Å². The molecule has 5 nitrogen and oxygen atoms in total. The van der Waals surface area contributed by atoms with Crippen LogP contribution in [0.15, 0.2) is 91.0 Å². The summed E-state index contributed by atoms with van der Waals surface area (Å²) in [7, 11) is -3.49. The van der Waals surface area contributed by atoms with E-state index in [0.29, 0.717) is 17.8 Å². The van der Waals surface area contributed by atoms with Gasteiger partial charge in [-0.2, -0.15) is 0 Å². The molecule has 1 N–H and O–H groups in total. The van der Waals surface area contributed by atoms with E-state index in [4.69, 9.17) is 0 Å². The second-order valence-electron chi connectivity index (χ2n) is 8.17. The molecule has 0 saturated heterocycles. The summed E-state index contributed by atoms with van der Waals surface area (Å²) in [5.74, 6) is -0.209. The highest BCUT2D eigenvalue weighted by Crippen LogP contribution is 2.22. The maximum atomic E-state index is 12.6. The normalized spacial score (nSPS) is 11.3. The molecule has 4 aromatic rings. The van der Waals surface area contributed by atoms with Gasteiger partial charge in [-0.15, -0.1) is 0 Å². The van der Waals surface area contributed by atoms with Gasteiger partial charge < -0.3 is 5.32 Å². The maximum Gasteiger partial charge on any atom is 0.251 e. The van der Waals surface area contributed by atoms with Crippen molar-refractivity contribution in [2.75, 3.05) is 10.6 Å². The zero-order valence-corrected chi connectivity index (χ0v) is 19.5. The molecule has 0 aliphatic rings. The van der Waals surface area contributed by atoms with Gasteiger partial charge in [0.15, 0.2) is 0 Å². The minimum Gasteiger partial charge on any atom is -0.348 e. The van der Waals surface area contributed by atoms with Crippen LogP contribution in [-0.4, -0.2) is 20.6 Å². The minimum absolute atomic E-state index is 0.209. The number of carbonyl (C=O) groups excluding carboxylic acids is 1. The first-order valence-electron chi connectivity index (χ1n) is 10.7. The first-order chi connectivity index (χ1) is 15.8. The highest BCUT2D eigenvalue weighted by Gasteiger charge is 2.18. The Kier molecular flexibility index (Phi) is 6.47. The Morgan fingerprint density at radius 1 is 0.818 bits per heavy atom. The number of nitrogens with one attached hydrogen (secondary N) is 1. The predicted octanol–water partition coefficient (Wildman–Crippen LogP) is 5.04. The molecule has 0 unspecified atom stereocenters. The van der Waals surface area contributed by atoms with E-state index >= 15 is 0 Å². The fraction of sp³-hybridized carbons (Fsp3) is 0.148. The third-order valence-electron chi connectivity index (χ3n) is 5.53. The average Bonchev–Trinajstić information content (AvgIpc) is 2.81. The molecule has 0 aliphatic carbocycles. The van der Waals surface area contributed by atoms with Crippen LogP contribution < -0.4 is 9.62 Å². The topological polar surface area (TPSA) is 66.5 Å². The second kappa shape index (κ2) is 9.46. The molecule has 0 aromatic heterocycles. The summed E-state index contributed by atoms with van der Waals surface area (Å²) in [6, 6.07) is 28.6. The number of aryl methyl sites for hydroxylation is 1. The standard InChI is InChI=1S/C27H26N2O3S/c1-20-7-9-21(10-8-20)19-29(33(2,31)32)26-15-13-24(14-16-26)27(30)28-18-22-11-12-23-5-3-4-6-25(23)17-22/h3-17H,18-19H2,1-2H3,(H,28,30). The minimum atomic E-state index is -3.49. The zero-order valence-electron chi connectivity index (χ0n) is 18.7. The number of fused-ring (bicyclic) bond motifs is 1. The Morgan fingerprint density at radius 3 is 2.12 bits per heavy atom. The van der Waals surface area contributed by atoms with Crippen LogP contribution in [0.5, 0.6) is 0 Å². The molecule has 0 spiro atoms. The first kappa shape index (κ1) is 22.6. The van der Waals surface area contributed by atoms with E-state index in [1.807, 2.05) is 61.5 Å². The predicted molar refractivity (Wildman–Crippen MR) is 134 cm³/mol. The highest BCUT2D eigenvalue weighted by atomic mass is 32.2. The lowest BCUT2D eigenvalue weighted by Crippen LogP contribution is -2.29. The van der Waals surface area contributed by atoms with Gasteiger partial charge in [-0.05, 0) is 59.2 Å². The van der Waals surface area contributed by atoms with Gasteiger partial charge in [-0.1, -0.05) is 66.2 Å². The van der Waals surface area contributed by atoms with Gasteiger partial charge in [-0.25, -0.2) is 8.42 Å². The average molecular weight is 459 g/mol. The summed E-state index contributed by atoms with van der Waals surface area (Å²) in [5.41, 5.74) is 4.01. The molecule has 0 saturated carbocycles. The van der Waals surface area contributed by atoms with Crippen molar-refractivity contribution < 1.29 is 13.2 Å². The molecule has 4 aromatic carbocycles. The SMILES string of the molecule is Cc1ccc(CN(c2ccc(C(=O)NCc3ccc4ccccc4c3)cc2)S(C)(=O)=O)cc1. The molecule has 33 heavy (non-hydrogen) atoms. The van der Waals surface area contributed by atoms with Gasteiger partial charge in [-0.3, -0.25) is 9.10 Å². The smallest absolute Gasteiger partial charge is 0.251 e. The Morgan fingerprint density at radius 2 is 1.45 bits per heavy atom. The van der Waals surface area contributed by atoms with Crippen molar-refractivity contribution in [1.29, 1.82) is 0 Å². The lowest BCUT2D eigenvalue weighted by molar-refractivity contribution is 0.0951. The zero-order chi connectivity index (χ0) is 23.4. The van der Waals surface area contributed by atoms with Gasteiger partial charge in [0, 0.05) is 12.1 Å². The maximum absolute atomic E-state index is 12.6. The molecule has 6 heteroatoms. The van der Waals surface area contributed by atoms with Crippen LogP contribution in [0.3, 0.4) is 0 Å². The van der Waals surface area contributed by atoms with Crippen molar-refractivity contribution in [2.24, 2.45) is 0 Å². The van der Waals surface area contributed by atoms with Crippen LogP contribution >= 0.6 is 0 Å². The van der Waals surface area contributed by atoms with E-state index in [9.17, 15) is 13.2 Å². The number of rotatable bonds is 7. The van der Waals surface area contributed by atoms with Crippen LogP contribution in [0.1, 0.15) is 27.0 Å². The molecule has 0 fully saturated rings. The van der Waals surface area contributed by atoms with E-state index in [2.05, 4.69) is 17.4 Å². The van der Waals surface area contributed by atoms with Crippen LogP contribution in [0.4, 0.5) is 5.69 Å². The van der Waals surface area contributed by atoms with Gasteiger partial charge in [0.2, 0.25) is 10.0 Å². The van der Waals surface area contributed by atoms with Gasteiger partial charge in [0.25, 0.3) is 5.91 Å². The van der Waals surface area contributed by atoms with Gasteiger partial charge in [0.1, 0.15) is 0 Å². The number of hydrogen-bond donors (Lipinski definition) is 1. The van der Waals surface area contributed by atoms with Crippen LogP contribution in [0, 0.1) is 6.92 Å². The fourth-order valence-corrected chi connectivity index (χ4v) is 4.56. The molecule has 0 heterocycles. The van der Waals surface area contributed by atoms with Gasteiger partial charge >= 0.3 is 0 Å². The molecule has 0 atom stereocenters. The number of anilines is 1. The van der Waals surface area contributed by atoms with Crippen molar-refractivity contribution in [3.8, 4) is 0 Å². The summed E-state index contributed by atoms with van der Waals surface area (Å²) in [6.07, 6.45) is 1.19. The number of hydrogen-bond acceptors (Lipinski definition) is 3. The Labute approximate surface area is 194 Å². The molecule has 4 rings (SSSR count). The molecule has 1 amide bonds. The summed E-state index contributed by atoms with van der Waals surface area (Å²) < 4.78 is 26.2. The van der Waals surface area contributed by atoms with Crippen molar-refractivity contribution in [3.05, 3.63) is 113 Å². The quantitative estimate of drug-likeness (QED) is 0.422. The number of nitrogens with zero attached hydrogens (tertiary/aromatic N) is 1. The Balaban J connectivity index is 1.45. The third-order valence-corrected chi connectivity index (χ3v) is 6.67. The molecule has 0 radical (unpaired) electrons. The summed E-state index contributed by atoms with van der Waals surface area (Å²) in [6.45, 7) is 2.63. The number of carbonyl (C=O) groups is 1. The van der Waals surface area contributed by atoms with E-state index in [1.165, 1.54) is 10.6 Å². The van der Waals surface area contributed by atoms with E-state index in [1.54, 1.807) is 24.3 Å². The number of benzene rings is 4. The van der Waals surface area contributed by atoms with Crippen LogP contribution in [-0.2, 0) is 23.1 Å². The summed E-state index contributed by atoms with van der Waals surface area (Å²) in [4.78, 5) is 12.6. The molecule has 0 bridgehead atoms. The van der Waals surface area contributed by atoms with Crippen LogP contribution in [0.2, 0.25) is 0 Å². The lowest BCUT2D eigenvalue weighted by atomic mass is 10.1. The number of sulfonamides is 1. The molecule has 168 valence electrons. The van der Waals surface area contributed by atoms with Crippen molar-refractivity contribution in [2.45, 2.75) is 20.0 Å². The second-order valence-corrected chi connectivity index (χ2v) is 10.1. The van der Waals surface area contributed by atoms with Crippen molar-refractivity contribution in [3.63, 3.8) is 0 Å². The Hall–Kier alpha value is -3.64. The van der Waals surface area contributed by atoms with Crippen LogP contribution in [0.25, 0.3) is 10.8 Å². The van der Waals surface area contributed by atoms with E-state index in [0.717, 1.165) is 27.5 Å². The summed E-state index contributed by atoms with van der Waals surface area (Å²) >= 11 is 0. The van der Waals surface area contributed by atoms with Gasteiger partial charge in [0.05, 0.1) is 18.5 Å². The fourth-order valence-electron chi connectivity index (χ4n) is 3.67. The number of amides is 1. The third kappa shape index (κ3) is 5.59. The monoisotopic (exact) mass is 458 g/mol. The largest absolute Gasteiger partial charge is 0.348 e. The highest BCUT2D eigenvalue weighted by molar-refractivity contribution is 7.92. The van der Waals surface area contributed by atoms with Crippen molar-refractivity contribution in [1.82, 2.24) is 5.32 Å². The van der Waals surface area contributed by atoms with Crippen molar-refractivity contribution >= 4 is 32.4 Å². The Bertz CT molecular complexity index is 1380. The molecule has 0 aliphatic heterocycles.